The Kier molecular flexibility index (Phi) is 10.1. The van der Waals surface area contributed by atoms with Gasteiger partial charge in [0.25, 0.3) is 5.91 Å². The van der Waals surface area contributed by atoms with Gasteiger partial charge in [-0.1, -0.05) is 68.4 Å². The summed E-state index contributed by atoms with van der Waals surface area (Å²) >= 11 is 0. The largest absolute Gasteiger partial charge is 0.493 e. The maximum atomic E-state index is 13.8. The number of carbonyl (C=O) groups excluding carboxylic acids is 4. The molecule has 0 saturated heterocycles. The number of hydrogen-bond donors (Lipinski definition) is 5. The van der Waals surface area contributed by atoms with Gasteiger partial charge in [-0.2, -0.15) is 4.68 Å². The first-order valence-corrected chi connectivity index (χ1v) is 15.3. The van der Waals surface area contributed by atoms with Crippen molar-refractivity contribution in [3.8, 4) is 23.3 Å². The molecule has 4 aromatic rings. The number of aromatic nitrogens is 1. The summed E-state index contributed by atoms with van der Waals surface area (Å²) in [6.07, 6.45) is 2.77. The van der Waals surface area contributed by atoms with E-state index in [9.17, 15) is 29.4 Å². The molecule has 1 aliphatic heterocycles. The van der Waals surface area contributed by atoms with E-state index < -0.39 is 53.3 Å². The van der Waals surface area contributed by atoms with Crippen LogP contribution in [0.4, 0.5) is 0 Å². The first-order chi connectivity index (χ1) is 23.0. The van der Waals surface area contributed by atoms with Crippen molar-refractivity contribution in [1.29, 1.82) is 0 Å². The SMILES string of the molecule is Cc1c(C(=O)[C@@H](NC(=O)C[C@H](NC(=O)C=Cc2ccc3c(c2)OCO3)c2ccccc2)C(C)C)c(O)n(NC(=O)c2ccccc2)c1O. The number of nitrogens with zero attached hydrogens (tertiary/aromatic N) is 1. The van der Waals surface area contributed by atoms with Crippen LogP contribution in [-0.4, -0.2) is 51.2 Å². The van der Waals surface area contributed by atoms with Gasteiger partial charge in [0.2, 0.25) is 30.4 Å². The fourth-order valence-corrected chi connectivity index (χ4v) is 5.27. The molecule has 48 heavy (non-hydrogen) atoms. The first kappa shape index (κ1) is 33.3. The Morgan fingerprint density at radius 3 is 2.23 bits per heavy atom. The minimum atomic E-state index is -1.11. The van der Waals surface area contributed by atoms with Gasteiger partial charge >= 0.3 is 0 Å². The Hall–Kier alpha value is -6.04. The summed E-state index contributed by atoms with van der Waals surface area (Å²) in [6.45, 7) is 5.00. The highest BCUT2D eigenvalue weighted by Gasteiger charge is 2.34. The highest BCUT2D eigenvalue weighted by atomic mass is 16.7. The van der Waals surface area contributed by atoms with E-state index in [4.69, 9.17) is 9.47 Å². The van der Waals surface area contributed by atoms with Gasteiger partial charge in [0, 0.05) is 17.2 Å². The van der Waals surface area contributed by atoms with Gasteiger partial charge in [-0.15, -0.1) is 0 Å². The van der Waals surface area contributed by atoms with Crippen molar-refractivity contribution in [3.63, 3.8) is 0 Å². The standard InChI is InChI=1S/C36H36N4O8/c1-21(2)32(33(43)31-22(3)35(45)40(36(31)46)39-34(44)25-12-8-5-9-13-25)38-30(42)19-26(24-10-6-4-7-11-24)37-29(41)17-15-23-14-16-27-28(18-23)48-20-47-27/h4-18,21,26,32,45-46H,19-20H2,1-3H3,(H,37,41)(H,38,42)(H,39,44)/t26-,32-/m0/s1. The second-order valence-electron chi connectivity index (χ2n) is 11.6. The molecule has 0 aliphatic carbocycles. The zero-order valence-electron chi connectivity index (χ0n) is 26.6. The normalized spacial score (nSPS) is 13.2. The molecule has 12 heteroatoms. The van der Waals surface area contributed by atoms with E-state index in [2.05, 4.69) is 16.1 Å². The van der Waals surface area contributed by atoms with Gasteiger partial charge < -0.3 is 30.3 Å². The number of carbonyl (C=O) groups is 4. The summed E-state index contributed by atoms with van der Waals surface area (Å²) in [5.41, 5.74) is 3.84. The number of Topliss-reactive ketones (excluding diaryl/α,β-unsaturated/α-hetero) is 1. The number of benzene rings is 3. The zero-order valence-corrected chi connectivity index (χ0v) is 26.6. The molecule has 248 valence electrons. The third-order valence-electron chi connectivity index (χ3n) is 7.85. The lowest BCUT2D eigenvalue weighted by molar-refractivity contribution is -0.123. The van der Waals surface area contributed by atoms with Gasteiger partial charge in [-0.25, -0.2) is 0 Å². The predicted molar refractivity (Wildman–Crippen MR) is 177 cm³/mol. The highest BCUT2D eigenvalue weighted by molar-refractivity contribution is 6.06. The molecule has 0 bridgehead atoms. The van der Waals surface area contributed by atoms with Crippen LogP contribution >= 0.6 is 0 Å². The van der Waals surface area contributed by atoms with Crippen molar-refractivity contribution in [2.24, 2.45) is 5.92 Å². The lowest BCUT2D eigenvalue weighted by atomic mass is 9.93. The molecule has 1 aliphatic rings. The predicted octanol–water partition coefficient (Wildman–Crippen LogP) is 4.60. The lowest BCUT2D eigenvalue weighted by Gasteiger charge is -2.24. The summed E-state index contributed by atoms with van der Waals surface area (Å²) in [4.78, 5) is 53.0. The van der Waals surface area contributed by atoms with E-state index in [1.807, 2.05) is 6.07 Å². The summed E-state index contributed by atoms with van der Waals surface area (Å²) in [5, 5.41) is 27.3. The van der Waals surface area contributed by atoms with Gasteiger partial charge in [-0.05, 0) is 54.3 Å². The van der Waals surface area contributed by atoms with Crippen molar-refractivity contribution < 1.29 is 38.9 Å². The fraction of sp³-hybridized carbons (Fsp3) is 0.222. The number of rotatable bonds is 12. The summed E-state index contributed by atoms with van der Waals surface area (Å²) in [5.74, 6) is -2.70. The molecule has 2 heterocycles. The molecule has 12 nitrogen and oxygen atoms in total. The topological polar surface area (TPSA) is 168 Å². The molecule has 0 saturated carbocycles. The van der Waals surface area contributed by atoms with Crippen LogP contribution in [0.3, 0.4) is 0 Å². The van der Waals surface area contributed by atoms with Gasteiger partial charge in [0.15, 0.2) is 17.3 Å². The van der Waals surface area contributed by atoms with Crippen molar-refractivity contribution in [3.05, 3.63) is 113 Å². The quantitative estimate of drug-likeness (QED) is 0.109. The van der Waals surface area contributed by atoms with Crippen molar-refractivity contribution in [2.75, 3.05) is 12.2 Å². The van der Waals surface area contributed by atoms with Crippen LogP contribution in [0, 0.1) is 12.8 Å². The Bertz CT molecular complexity index is 1850. The monoisotopic (exact) mass is 652 g/mol. The van der Waals surface area contributed by atoms with E-state index in [1.165, 1.54) is 13.0 Å². The van der Waals surface area contributed by atoms with E-state index in [0.717, 1.165) is 10.2 Å². The minimum absolute atomic E-state index is 0.0226. The fourth-order valence-electron chi connectivity index (χ4n) is 5.27. The van der Waals surface area contributed by atoms with Crippen LogP contribution in [0.25, 0.3) is 6.08 Å². The number of hydrogen-bond acceptors (Lipinski definition) is 8. The average molecular weight is 653 g/mol. The maximum Gasteiger partial charge on any atom is 0.270 e. The van der Waals surface area contributed by atoms with Crippen LogP contribution in [0.15, 0.2) is 84.9 Å². The zero-order chi connectivity index (χ0) is 34.4. The van der Waals surface area contributed by atoms with Crippen LogP contribution in [-0.2, 0) is 9.59 Å². The molecule has 5 N–H and O–H groups in total. The maximum absolute atomic E-state index is 13.8. The van der Waals surface area contributed by atoms with E-state index >= 15 is 0 Å². The van der Waals surface area contributed by atoms with Gasteiger partial charge in [-0.3, -0.25) is 24.6 Å². The Balaban J connectivity index is 1.30. The van der Waals surface area contributed by atoms with Gasteiger partial charge in [0.1, 0.15) is 0 Å². The molecule has 0 radical (unpaired) electrons. The molecule has 1 aromatic heterocycles. The van der Waals surface area contributed by atoms with Gasteiger partial charge in [0.05, 0.1) is 24.1 Å². The highest BCUT2D eigenvalue weighted by Crippen LogP contribution is 2.34. The Labute approximate surface area is 277 Å². The third kappa shape index (κ3) is 7.49. The number of ketones is 1. The smallest absolute Gasteiger partial charge is 0.270 e. The van der Waals surface area contributed by atoms with E-state index in [-0.39, 0.29) is 29.9 Å². The molecule has 5 rings (SSSR count). The Morgan fingerprint density at radius 1 is 0.875 bits per heavy atom. The average Bonchev–Trinajstić information content (AvgIpc) is 3.64. The number of ether oxygens (including phenoxy) is 2. The van der Waals surface area contributed by atoms with Crippen LogP contribution in [0.1, 0.15) is 63.7 Å². The van der Waals surface area contributed by atoms with E-state index in [1.54, 1.807) is 92.7 Å². The lowest BCUT2D eigenvalue weighted by Crippen LogP contribution is -2.45. The summed E-state index contributed by atoms with van der Waals surface area (Å²) in [7, 11) is 0. The number of amides is 3. The van der Waals surface area contributed by atoms with Crippen LogP contribution in [0.5, 0.6) is 23.3 Å². The molecule has 3 amide bonds. The van der Waals surface area contributed by atoms with Crippen molar-refractivity contribution >= 4 is 29.6 Å². The van der Waals surface area contributed by atoms with Crippen molar-refractivity contribution in [2.45, 2.75) is 39.3 Å². The molecule has 0 spiro atoms. The minimum Gasteiger partial charge on any atom is -0.493 e. The molecule has 3 aromatic carbocycles. The summed E-state index contributed by atoms with van der Waals surface area (Å²) < 4.78 is 11.4. The second kappa shape index (κ2) is 14.6. The Morgan fingerprint density at radius 2 is 1.54 bits per heavy atom. The number of fused-ring (bicyclic) bond motifs is 1. The van der Waals surface area contributed by atoms with Crippen LogP contribution < -0.4 is 25.5 Å². The molecular weight excluding hydrogens is 616 g/mol. The van der Waals surface area contributed by atoms with Crippen molar-refractivity contribution in [1.82, 2.24) is 15.3 Å². The second-order valence-corrected chi connectivity index (χ2v) is 11.6. The molecular formula is C36H36N4O8. The first-order valence-electron chi connectivity index (χ1n) is 15.3. The molecule has 0 fully saturated rings. The molecule has 0 unspecified atom stereocenters. The molecule has 2 atom stereocenters. The summed E-state index contributed by atoms with van der Waals surface area (Å²) in [6, 6.07) is 20.5. The van der Waals surface area contributed by atoms with Crippen LogP contribution in [0.2, 0.25) is 0 Å². The number of nitrogens with one attached hydrogen (secondary N) is 3. The van der Waals surface area contributed by atoms with E-state index in [0.29, 0.717) is 17.1 Å². The third-order valence-corrected chi connectivity index (χ3v) is 7.85. The number of aromatic hydroxyl groups is 2.